The van der Waals surface area contributed by atoms with Crippen LogP contribution in [0.5, 0.6) is 0 Å². The molecule has 2 rings (SSSR count). The Hall–Kier alpha value is -1.49. The van der Waals surface area contributed by atoms with Gasteiger partial charge in [-0.3, -0.25) is 9.78 Å². The highest BCUT2D eigenvalue weighted by molar-refractivity contribution is 6.31. The molecule has 0 saturated carbocycles. The third kappa shape index (κ3) is 6.26. The van der Waals surface area contributed by atoms with Gasteiger partial charge in [-0.1, -0.05) is 24.6 Å². The van der Waals surface area contributed by atoms with Crippen LogP contribution in [0.4, 0.5) is 5.69 Å². The molecule has 0 saturated heterocycles. The number of carbonyl (C=O) groups is 1. The van der Waals surface area contributed by atoms with Gasteiger partial charge in [0.2, 0.25) is 0 Å². The number of nitrogen functional groups attached to an aromatic ring is 1. The predicted molar refractivity (Wildman–Crippen MR) is 100.0 cm³/mol. The van der Waals surface area contributed by atoms with Crippen molar-refractivity contribution in [1.29, 1.82) is 0 Å². The van der Waals surface area contributed by atoms with Crippen LogP contribution in [0.1, 0.15) is 35.3 Å². The maximum absolute atomic E-state index is 12.0. The molecule has 0 aliphatic heterocycles. The first-order valence-electron chi connectivity index (χ1n) is 6.82. The van der Waals surface area contributed by atoms with E-state index < -0.39 is 0 Å². The number of hydrogen-bond acceptors (Lipinski definition) is 3. The van der Waals surface area contributed by atoms with Crippen molar-refractivity contribution in [3.8, 4) is 0 Å². The Morgan fingerprint density at radius 3 is 2.65 bits per heavy atom. The van der Waals surface area contributed by atoms with E-state index in [-0.39, 0.29) is 36.6 Å². The molecule has 0 fully saturated rings. The quantitative estimate of drug-likeness (QED) is 0.772. The summed E-state index contributed by atoms with van der Waals surface area (Å²) in [5.41, 5.74) is 7.65. The van der Waals surface area contributed by atoms with E-state index in [2.05, 4.69) is 17.2 Å². The van der Waals surface area contributed by atoms with Crippen molar-refractivity contribution >= 4 is 48.0 Å². The summed E-state index contributed by atoms with van der Waals surface area (Å²) in [6, 6.07) is 10.7. The van der Waals surface area contributed by atoms with Crippen LogP contribution in [0.15, 0.2) is 42.6 Å². The molecule has 1 unspecified atom stereocenters. The topological polar surface area (TPSA) is 68.0 Å². The monoisotopic (exact) mass is 375 g/mol. The average molecular weight is 377 g/mol. The van der Waals surface area contributed by atoms with E-state index >= 15 is 0 Å². The summed E-state index contributed by atoms with van der Waals surface area (Å²) in [7, 11) is 0. The van der Waals surface area contributed by atoms with Gasteiger partial charge in [0.1, 0.15) is 0 Å². The molecule has 0 spiro atoms. The zero-order chi connectivity index (χ0) is 15.2. The Kier molecular flexibility index (Phi) is 9.65. The second-order valence-corrected chi connectivity index (χ2v) is 5.37. The molecule has 0 aliphatic carbocycles. The SMILES string of the molecule is CC(CCNC(=O)c1ccc(Cl)cc1N)c1ccccn1.Cl.Cl. The van der Waals surface area contributed by atoms with Gasteiger partial charge in [0, 0.05) is 35.1 Å². The zero-order valence-electron chi connectivity index (χ0n) is 12.7. The highest BCUT2D eigenvalue weighted by atomic mass is 35.5. The first kappa shape index (κ1) is 21.5. The average Bonchev–Trinajstić information content (AvgIpc) is 2.47. The first-order valence-corrected chi connectivity index (χ1v) is 7.20. The van der Waals surface area contributed by atoms with Crippen LogP contribution in [0.2, 0.25) is 5.02 Å². The molecule has 1 aromatic carbocycles. The lowest BCUT2D eigenvalue weighted by molar-refractivity contribution is 0.0953. The van der Waals surface area contributed by atoms with Gasteiger partial charge in [0.05, 0.1) is 5.56 Å². The number of benzene rings is 1. The van der Waals surface area contributed by atoms with Crippen molar-refractivity contribution in [2.24, 2.45) is 0 Å². The number of aromatic nitrogens is 1. The number of anilines is 1. The summed E-state index contributed by atoms with van der Waals surface area (Å²) in [5, 5.41) is 3.39. The molecule has 0 bridgehead atoms. The highest BCUT2D eigenvalue weighted by Crippen LogP contribution is 2.18. The molecule has 126 valence electrons. The fraction of sp³-hybridized carbons (Fsp3) is 0.250. The van der Waals surface area contributed by atoms with Crippen LogP contribution < -0.4 is 11.1 Å². The van der Waals surface area contributed by atoms with Crippen LogP contribution >= 0.6 is 36.4 Å². The number of nitrogens with zero attached hydrogens (tertiary/aromatic N) is 1. The second-order valence-electron chi connectivity index (χ2n) is 4.93. The molecule has 7 heteroatoms. The largest absolute Gasteiger partial charge is 0.398 e. The number of rotatable bonds is 5. The van der Waals surface area contributed by atoms with Gasteiger partial charge >= 0.3 is 0 Å². The molecule has 1 amide bonds. The number of hydrogen-bond donors (Lipinski definition) is 2. The maximum atomic E-state index is 12.0. The molecule has 2 aromatic rings. The van der Waals surface area contributed by atoms with Crippen LogP contribution in [-0.4, -0.2) is 17.4 Å². The van der Waals surface area contributed by atoms with Crippen molar-refractivity contribution < 1.29 is 4.79 Å². The highest BCUT2D eigenvalue weighted by Gasteiger charge is 2.11. The van der Waals surface area contributed by atoms with E-state index in [1.807, 2.05) is 18.2 Å². The van der Waals surface area contributed by atoms with Gasteiger partial charge in [-0.25, -0.2) is 0 Å². The fourth-order valence-electron chi connectivity index (χ4n) is 2.05. The lowest BCUT2D eigenvalue weighted by atomic mass is 10.0. The standard InChI is InChI=1S/C16H18ClN3O.2ClH/c1-11(15-4-2-3-8-19-15)7-9-20-16(21)13-6-5-12(17)10-14(13)18;;/h2-6,8,10-11H,7,9,18H2,1H3,(H,20,21);2*1H. The van der Waals surface area contributed by atoms with Crippen molar-refractivity contribution in [2.75, 3.05) is 12.3 Å². The lowest BCUT2D eigenvalue weighted by Gasteiger charge is -2.12. The van der Waals surface area contributed by atoms with E-state index in [0.29, 0.717) is 22.8 Å². The van der Waals surface area contributed by atoms with E-state index in [1.54, 1.807) is 24.4 Å². The Morgan fingerprint density at radius 1 is 1.30 bits per heavy atom. The minimum Gasteiger partial charge on any atom is -0.398 e. The number of pyridine rings is 1. The maximum Gasteiger partial charge on any atom is 0.253 e. The van der Waals surface area contributed by atoms with Gasteiger partial charge < -0.3 is 11.1 Å². The van der Waals surface area contributed by atoms with Crippen LogP contribution in [-0.2, 0) is 0 Å². The summed E-state index contributed by atoms with van der Waals surface area (Å²) in [6.45, 7) is 2.66. The molecule has 1 atom stereocenters. The van der Waals surface area contributed by atoms with E-state index in [4.69, 9.17) is 17.3 Å². The Labute approximate surface area is 153 Å². The van der Waals surface area contributed by atoms with Crippen LogP contribution in [0, 0.1) is 0 Å². The summed E-state index contributed by atoms with van der Waals surface area (Å²) < 4.78 is 0. The van der Waals surface area contributed by atoms with Crippen molar-refractivity contribution in [3.63, 3.8) is 0 Å². The minimum atomic E-state index is -0.183. The molecule has 1 heterocycles. The Bertz CT molecular complexity index is 623. The molecule has 23 heavy (non-hydrogen) atoms. The van der Waals surface area contributed by atoms with Crippen LogP contribution in [0.25, 0.3) is 0 Å². The first-order chi connectivity index (χ1) is 10.1. The van der Waals surface area contributed by atoms with E-state index in [1.165, 1.54) is 0 Å². The van der Waals surface area contributed by atoms with Gasteiger partial charge in [-0.15, -0.1) is 24.8 Å². The van der Waals surface area contributed by atoms with Gasteiger partial charge in [0.25, 0.3) is 5.91 Å². The van der Waals surface area contributed by atoms with E-state index in [9.17, 15) is 4.79 Å². The molecular weight excluding hydrogens is 357 g/mol. The smallest absolute Gasteiger partial charge is 0.253 e. The third-order valence-electron chi connectivity index (χ3n) is 3.31. The second kappa shape index (κ2) is 10.3. The molecule has 0 aliphatic rings. The molecule has 4 nitrogen and oxygen atoms in total. The van der Waals surface area contributed by atoms with Crippen LogP contribution in [0.3, 0.4) is 0 Å². The van der Waals surface area contributed by atoms with E-state index in [0.717, 1.165) is 12.1 Å². The number of halogens is 3. The molecule has 0 radical (unpaired) electrons. The molecule has 3 N–H and O–H groups in total. The number of amides is 1. The summed E-state index contributed by atoms with van der Waals surface area (Å²) in [5.74, 6) is 0.103. The number of carbonyl (C=O) groups excluding carboxylic acids is 1. The van der Waals surface area contributed by atoms with Gasteiger partial charge in [0.15, 0.2) is 0 Å². The lowest BCUT2D eigenvalue weighted by Crippen LogP contribution is -2.26. The minimum absolute atomic E-state index is 0. The fourth-order valence-corrected chi connectivity index (χ4v) is 2.23. The zero-order valence-corrected chi connectivity index (χ0v) is 15.0. The number of nitrogens with one attached hydrogen (secondary N) is 1. The predicted octanol–water partition coefficient (Wildman–Crippen LogP) is 4.08. The Morgan fingerprint density at radius 2 is 2.04 bits per heavy atom. The van der Waals surface area contributed by atoms with Crippen molar-refractivity contribution in [2.45, 2.75) is 19.3 Å². The molecular formula is C16H20Cl3N3O. The summed E-state index contributed by atoms with van der Waals surface area (Å²) >= 11 is 5.82. The van der Waals surface area contributed by atoms with Crippen molar-refractivity contribution in [3.05, 3.63) is 58.9 Å². The van der Waals surface area contributed by atoms with Gasteiger partial charge in [-0.05, 0) is 36.8 Å². The Balaban J connectivity index is 0.00000242. The normalized spacial score (nSPS) is 10.9. The molecule has 1 aromatic heterocycles. The van der Waals surface area contributed by atoms with Crippen molar-refractivity contribution in [1.82, 2.24) is 10.3 Å². The van der Waals surface area contributed by atoms with Gasteiger partial charge in [-0.2, -0.15) is 0 Å². The summed E-state index contributed by atoms with van der Waals surface area (Å²) in [4.78, 5) is 16.4. The third-order valence-corrected chi connectivity index (χ3v) is 3.55. The number of nitrogens with two attached hydrogens (primary N) is 1. The summed E-state index contributed by atoms with van der Waals surface area (Å²) in [6.07, 6.45) is 2.59.